The summed E-state index contributed by atoms with van der Waals surface area (Å²) in [6.45, 7) is 4.91. The number of nitrogens with one attached hydrogen (secondary N) is 1. The molecule has 1 aromatic carbocycles. The van der Waals surface area contributed by atoms with Crippen molar-refractivity contribution in [2.45, 2.75) is 38.2 Å². The van der Waals surface area contributed by atoms with E-state index in [9.17, 15) is 4.79 Å². The van der Waals surface area contributed by atoms with Gasteiger partial charge in [-0.3, -0.25) is 9.36 Å². The number of carbonyl (C=O) groups is 1. The molecule has 4 atom stereocenters. The summed E-state index contributed by atoms with van der Waals surface area (Å²) in [6, 6.07) is 8.99. The highest BCUT2D eigenvalue weighted by Crippen LogP contribution is 2.50. The van der Waals surface area contributed by atoms with Gasteiger partial charge >= 0.3 is 0 Å². The molecule has 1 N–H and O–H groups in total. The maximum Gasteiger partial charge on any atom is 0.256 e. The van der Waals surface area contributed by atoms with Gasteiger partial charge in [0.05, 0.1) is 18.5 Å². The topological polar surface area (TPSA) is 91.2 Å². The standard InChI is InChI=1S/C20H21N5O3/c1-3-20-9-27-15(12(20)2)19(28-20)25-11-23-14-16(21-10-22-17(14)25)24-18(26)13-7-5-4-6-8-13/h4-8,10-12,15,19H,3,9H2,1-2H3,(H,21,22,24,26)/t12-,15?,19-,20+/m1/s1. The molecule has 3 aromatic rings. The van der Waals surface area contributed by atoms with Crippen LogP contribution in [0.4, 0.5) is 5.82 Å². The van der Waals surface area contributed by atoms with Gasteiger partial charge in [0, 0.05) is 11.5 Å². The number of imidazole rings is 1. The first-order chi connectivity index (χ1) is 13.6. The molecule has 2 aliphatic rings. The first-order valence-corrected chi connectivity index (χ1v) is 9.46. The van der Waals surface area contributed by atoms with Crippen LogP contribution in [-0.2, 0) is 9.47 Å². The Hall–Kier alpha value is -2.84. The van der Waals surface area contributed by atoms with Crippen LogP contribution in [0.2, 0.25) is 0 Å². The van der Waals surface area contributed by atoms with E-state index in [1.165, 1.54) is 6.33 Å². The fourth-order valence-electron chi connectivity index (χ4n) is 4.21. The number of fused-ring (bicyclic) bond motifs is 3. The van der Waals surface area contributed by atoms with Gasteiger partial charge in [-0.05, 0) is 18.6 Å². The summed E-state index contributed by atoms with van der Waals surface area (Å²) < 4.78 is 14.3. The Morgan fingerprint density at radius 1 is 1.29 bits per heavy atom. The van der Waals surface area contributed by atoms with Crippen molar-refractivity contribution in [3.05, 3.63) is 48.5 Å². The molecular weight excluding hydrogens is 358 g/mol. The summed E-state index contributed by atoms with van der Waals surface area (Å²) in [5, 5.41) is 2.83. The number of benzene rings is 1. The first kappa shape index (κ1) is 17.3. The molecule has 8 nitrogen and oxygen atoms in total. The van der Waals surface area contributed by atoms with Gasteiger partial charge in [0.25, 0.3) is 5.91 Å². The molecule has 0 radical (unpaired) electrons. The van der Waals surface area contributed by atoms with Gasteiger partial charge in [0.2, 0.25) is 0 Å². The number of nitrogens with zero attached hydrogens (tertiary/aromatic N) is 4. The zero-order valence-electron chi connectivity index (χ0n) is 15.7. The number of hydrogen-bond acceptors (Lipinski definition) is 6. The Bertz CT molecular complexity index is 1040. The molecule has 1 amide bonds. The zero-order chi connectivity index (χ0) is 19.3. The molecule has 2 fully saturated rings. The largest absolute Gasteiger partial charge is 0.370 e. The van der Waals surface area contributed by atoms with Crippen molar-refractivity contribution in [3.63, 3.8) is 0 Å². The lowest BCUT2D eigenvalue weighted by atomic mass is 9.88. The zero-order valence-corrected chi connectivity index (χ0v) is 15.7. The van der Waals surface area contributed by atoms with Crippen LogP contribution in [0.25, 0.3) is 11.2 Å². The number of ether oxygens (including phenoxy) is 2. The molecular formula is C20H21N5O3. The van der Waals surface area contributed by atoms with Crippen LogP contribution in [0.1, 0.15) is 36.9 Å². The summed E-state index contributed by atoms with van der Waals surface area (Å²) in [5.74, 6) is 0.423. The van der Waals surface area contributed by atoms with E-state index in [-0.39, 0.29) is 23.8 Å². The van der Waals surface area contributed by atoms with Crippen LogP contribution in [0, 0.1) is 5.92 Å². The molecule has 0 spiro atoms. The third-order valence-electron chi connectivity index (χ3n) is 5.98. The van der Waals surface area contributed by atoms with Crippen LogP contribution >= 0.6 is 0 Å². The minimum atomic E-state index is -0.290. The van der Waals surface area contributed by atoms with Crippen LogP contribution in [0.15, 0.2) is 43.0 Å². The Morgan fingerprint density at radius 3 is 2.86 bits per heavy atom. The van der Waals surface area contributed by atoms with Crippen LogP contribution in [0.3, 0.4) is 0 Å². The van der Waals surface area contributed by atoms with Gasteiger partial charge in [-0.25, -0.2) is 15.0 Å². The summed E-state index contributed by atoms with van der Waals surface area (Å²) in [5.41, 5.74) is 1.43. The number of anilines is 1. The Labute approximate surface area is 161 Å². The summed E-state index contributed by atoms with van der Waals surface area (Å²) >= 11 is 0. The molecule has 4 heterocycles. The maximum absolute atomic E-state index is 12.5. The highest BCUT2D eigenvalue weighted by atomic mass is 16.6. The van der Waals surface area contributed by atoms with E-state index < -0.39 is 0 Å². The van der Waals surface area contributed by atoms with Crippen molar-refractivity contribution in [1.29, 1.82) is 0 Å². The number of rotatable bonds is 4. The number of amides is 1. The highest BCUT2D eigenvalue weighted by Gasteiger charge is 2.59. The average molecular weight is 379 g/mol. The third-order valence-corrected chi connectivity index (χ3v) is 5.98. The van der Waals surface area contributed by atoms with Crippen LogP contribution in [-0.4, -0.2) is 43.7 Å². The lowest BCUT2D eigenvalue weighted by Crippen LogP contribution is -2.36. The minimum Gasteiger partial charge on any atom is -0.370 e. The van der Waals surface area contributed by atoms with E-state index in [1.54, 1.807) is 18.5 Å². The monoisotopic (exact) mass is 379 g/mol. The number of aromatic nitrogens is 4. The summed E-state index contributed by atoms with van der Waals surface area (Å²) in [7, 11) is 0. The van der Waals surface area contributed by atoms with E-state index in [2.05, 4.69) is 34.1 Å². The van der Waals surface area contributed by atoms with Crippen molar-refractivity contribution in [2.24, 2.45) is 5.92 Å². The second kappa shape index (κ2) is 6.35. The van der Waals surface area contributed by atoms with E-state index >= 15 is 0 Å². The maximum atomic E-state index is 12.5. The van der Waals surface area contributed by atoms with Gasteiger partial charge in [-0.2, -0.15) is 0 Å². The Balaban J connectivity index is 1.48. The van der Waals surface area contributed by atoms with Gasteiger partial charge in [-0.1, -0.05) is 32.0 Å². The molecule has 1 unspecified atom stereocenters. The van der Waals surface area contributed by atoms with E-state index in [0.29, 0.717) is 35.1 Å². The fourth-order valence-corrected chi connectivity index (χ4v) is 4.21. The van der Waals surface area contributed by atoms with Crippen molar-refractivity contribution in [3.8, 4) is 0 Å². The number of carbonyl (C=O) groups excluding carboxylic acids is 1. The van der Waals surface area contributed by atoms with Crippen molar-refractivity contribution >= 4 is 22.9 Å². The lowest BCUT2D eigenvalue weighted by Gasteiger charge is -2.30. The molecule has 2 aliphatic heterocycles. The fraction of sp³-hybridized carbons (Fsp3) is 0.400. The lowest BCUT2D eigenvalue weighted by molar-refractivity contribution is -0.172. The second-order valence-electron chi connectivity index (χ2n) is 7.36. The molecule has 8 heteroatoms. The molecule has 28 heavy (non-hydrogen) atoms. The quantitative estimate of drug-likeness (QED) is 0.750. The average Bonchev–Trinajstić information content (AvgIpc) is 3.39. The molecule has 2 saturated heterocycles. The second-order valence-corrected chi connectivity index (χ2v) is 7.36. The van der Waals surface area contributed by atoms with Gasteiger partial charge in [0.1, 0.15) is 12.4 Å². The van der Waals surface area contributed by atoms with Gasteiger partial charge in [-0.15, -0.1) is 0 Å². The SMILES string of the molecule is CC[C@@]12COC([C@H](n3cnc4c(NC(=O)c5ccccc5)ncnc43)O1)[C@H]2C. The van der Waals surface area contributed by atoms with Crippen molar-refractivity contribution < 1.29 is 14.3 Å². The van der Waals surface area contributed by atoms with Crippen molar-refractivity contribution in [1.82, 2.24) is 19.5 Å². The summed E-state index contributed by atoms with van der Waals surface area (Å²) in [6.07, 6.45) is 3.66. The highest BCUT2D eigenvalue weighted by molar-refractivity contribution is 6.06. The van der Waals surface area contributed by atoms with Crippen LogP contribution < -0.4 is 5.32 Å². The normalized spacial score (nSPS) is 28.7. The number of hydrogen-bond donors (Lipinski definition) is 1. The predicted molar refractivity (Wildman–Crippen MR) is 102 cm³/mol. The molecule has 0 aliphatic carbocycles. The molecule has 144 valence electrons. The Morgan fingerprint density at radius 2 is 2.11 bits per heavy atom. The van der Waals surface area contributed by atoms with Crippen molar-refractivity contribution in [2.75, 3.05) is 11.9 Å². The molecule has 5 rings (SSSR count). The van der Waals surface area contributed by atoms with Gasteiger partial charge in [0.15, 0.2) is 23.2 Å². The molecule has 0 saturated carbocycles. The molecule has 2 aromatic heterocycles. The smallest absolute Gasteiger partial charge is 0.256 e. The van der Waals surface area contributed by atoms with E-state index in [0.717, 1.165) is 6.42 Å². The first-order valence-electron chi connectivity index (χ1n) is 9.46. The molecule has 2 bridgehead atoms. The van der Waals surface area contributed by atoms with E-state index in [1.807, 2.05) is 22.8 Å². The Kier molecular flexibility index (Phi) is 3.92. The minimum absolute atomic E-state index is 0.0466. The predicted octanol–water partition coefficient (Wildman–Crippen LogP) is 2.79. The van der Waals surface area contributed by atoms with E-state index in [4.69, 9.17) is 9.47 Å². The van der Waals surface area contributed by atoms with Crippen LogP contribution in [0.5, 0.6) is 0 Å². The van der Waals surface area contributed by atoms with Gasteiger partial charge < -0.3 is 14.8 Å². The summed E-state index contributed by atoms with van der Waals surface area (Å²) in [4.78, 5) is 25.6. The third kappa shape index (κ3) is 2.45.